The van der Waals surface area contributed by atoms with E-state index in [9.17, 15) is 18.1 Å². The van der Waals surface area contributed by atoms with Gasteiger partial charge in [0.2, 0.25) is 0 Å². The van der Waals surface area contributed by atoms with Crippen LogP contribution in [0.15, 0.2) is 30.3 Å². The fourth-order valence-corrected chi connectivity index (χ4v) is 4.04. The van der Waals surface area contributed by atoms with Gasteiger partial charge >= 0.3 is 6.09 Å². The Morgan fingerprint density at radius 2 is 1.96 bits per heavy atom. The summed E-state index contributed by atoms with van der Waals surface area (Å²) in [7, 11) is 0. The number of halogens is 2. The summed E-state index contributed by atoms with van der Waals surface area (Å²) in [5, 5.41) is 0. The molecule has 8 heteroatoms. The van der Waals surface area contributed by atoms with Crippen molar-refractivity contribution >= 4 is 17.5 Å². The number of amides is 1. The van der Waals surface area contributed by atoms with Gasteiger partial charge in [-0.25, -0.2) is 13.6 Å². The van der Waals surface area contributed by atoms with E-state index < -0.39 is 35.3 Å². The fourth-order valence-electron chi connectivity index (χ4n) is 3.18. The van der Waals surface area contributed by atoms with Crippen LogP contribution < -0.4 is 0 Å². The van der Waals surface area contributed by atoms with Crippen LogP contribution in [0.5, 0.6) is 0 Å². The number of alkyl halides is 2. The molecule has 0 N–H and O–H groups in total. The lowest BCUT2D eigenvalue weighted by molar-refractivity contribution is -0.204. The smallest absolute Gasteiger partial charge is 0.410 e. The number of rotatable bonds is 3. The third-order valence-electron chi connectivity index (χ3n) is 4.81. The first-order chi connectivity index (χ1) is 11.3. The van der Waals surface area contributed by atoms with E-state index in [1.165, 1.54) is 10.6 Å². The van der Waals surface area contributed by atoms with Gasteiger partial charge in [0, 0.05) is 17.9 Å². The van der Waals surface area contributed by atoms with Crippen molar-refractivity contribution in [1.29, 1.82) is 0 Å². The molecule has 1 amide bonds. The average molecular weight is 358 g/mol. The molecule has 0 bridgehead atoms. The molecule has 0 radical (unpaired) electrons. The van der Waals surface area contributed by atoms with Crippen LogP contribution in [0.3, 0.4) is 0 Å². The van der Waals surface area contributed by atoms with E-state index in [0.717, 1.165) is 10.5 Å². The van der Waals surface area contributed by atoms with Crippen LogP contribution in [0.25, 0.3) is 0 Å². The highest BCUT2D eigenvalue weighted by Gasteiger charge is 2.65. The topological polar surface area (TPSA) is 55.8 Å². The molecule has 2 fully saturated rings. The Hall–Kier alpha value is -1.38. The Bertz CT molecular complexity index is 594. The van der Waals surface area contributed by atoms with Gasteiger partial charge in [0.05, 0.1) is 25.0 Å². The van der Waals surface area contributed by atoms with E-state index in [2.05, 4.69) is 0 Å². The van der Waals surface area contributed by atoms with E-state index in [-0.39, 0.29) is 32.7 Å². The zero-order valence-electron chi connectivity index (χ0n) is 13.4. The quantitative estimate of drug-likeness (QED) is 0.778. The largest absolute Gasteiger partial charge is 0.598 e. The molecule has 1 unspecified atom stereocenters. The highest BCUT2D eigenvalue weighted by atomic mass is 32.2. The molecule has 2 aliphatic heterocycles. The number of benzene rings is 1. The number of piperidine rings is 1. The maximum absolute atomic E-state index is 14.5. The third kappa shape index (κ3) is 3.22. The highest BCUT2D eigenvalue weighted by Crippen LogP contribution is 2.50. The molecule has 1 spiro atoms. The summed E-state index contributed by atoms with van der Waals surface area (Å²) in [6.07, 6.45) is 0.957. The first-order valence-corrected chi connectivity index (χ1v) is 9.26. The van der Waals surface area contributed by atoms with Gasteiger partial charge in [-0.3, -0.25) is 0 Å². The van der Waals surface area contributed by atoms with Crippen LogP contribution in [0.2, 0.25) is 0 Å². The van der Waals surface area contributed by atoms with Crippen LogP contribution in [0, 0.1) is 5.41 Å². The number of carbonyl (C=O) groups excluding carboxylic acids is 1. The highest BCUT2D eigenvalue weighted by molar-refractivity contribution is 7.88. The molecule has 0 aromatic heterocycles. The van der Waals surface area contributed by atoms with Gasteiger partial charge in [0.1, 0.15) is 12.9 Å². The van der Waals surface area contributed by atoms with Gasteiger partial charge in [-0.2, -0.15) is 0 Å². The van der Waals surface area contributed by atoms with Gasteiger partial charge < -0.3 is 14.2 Å². The lowest BCUT2D eigenvalue weighted by Gasteiger charge is -2.55. The summed E-state index contributed by atoms with van der Waals surface area (Å²) >= 11 is -1.23. The Balaban J connectivity index is 1.55. The first-order valence-electron chi connectivity index (χ1n) is 7.75. The summed E-state index contributed by atoms with van der Waals surface area (Å²) in [6.45, 7) is -0.139. The van der Waals surface area contributed by atoms with Crippen molar-refractivity contribution in [3.63, 3.8) is 0 Å². The second-order valence-corrected chi connectivity index (χ2v) is 7.78. The van der Waals surface area contributed by atoms with E-state index in [4.69, 9.17) is 4.74 Å². The molecule has 2 saturated heterocycles. The standard InChI is InChI=1S/C16H20F2N2O3S/c1-24(22)20-10-15(11-20)7-8-19(12-16(15,17)18)14(21)23-9-13-5-3-2-4-6-13/h2-6H,7-12H2,1H3. The monoisotopic (exact) mass is 358 g/mol. The third-order valence-corrected chi connectivity index (χ3v) is 5.80. The zero-order valence-corrected chi connectivity index (χ0v) is 14.2. The summed E-state index contributed by atoms with van der Waals surface area (Å²) in [5.41, 5.74) is -0.360. The van der Waals surface area contributed by atoms with Crippen molar-refractivity contribution in [2.24, 2.45) is 5.41 Å². The molecule has 3 rings (SSSR count). The van der Waals surface area contributed by atoms with E-state index in [1.54, 1.807) is 12.1 Å². The number of hydrogen-bond donors (Lipinski definition) is 0. The number of ether oxygens (including phenoxy) is 1. The second kappa shape index (κ2) is 6.50. The minimum Gasteiger partial charge on any atom is -0.598 e. The summed E-state index contributed by atoms with van der Waals surface area (Å²) in [6, 6.07) is 9.10. The zero-order chi connectivity index (χ0) is 17.4. The molecule has 2 heterocycles. The first kappa shape index (κ1) is 17.4. The molecule has 2 aliphatic rings. The predicted octanol–water partition coefficient (Wildman–Crippen LogP) is 2.26. The van der Waals surface area contributed by atoms with Gasteiger partial charge in [-0.1, -0.05) is 30.3 Å². The van der Waals surface area contributed by atoms with Gasteiger partial charge in [-0.05, 0) is 12.0 Å². The maximum atomic E-state index is 14.5. The predicted molar refractivity (Wildman–Crippen MR) is 85.8 cm³/mol. The molecular formula is C16H20F2N2O3S. The number of hydrogen-bond acceptors (Lipinski definition) is 4. The molecule has 132 valence electrons. The fraction of sp³-hybridized carbons (Fsp3) is 0.562. The Labute approximate surface area is 142 Å². The SMILES string of the molecule is C[S+]([O-])N1CC2(CCN(C(=O)OCc3ccccc3)CC2(F)F)C1. The molecule has 1 atom stereocenters. The van der Waals surface area contributed by atoms with Crippen LogP contribution in [0.1, 0.15) is 12.0 Å². The van der Waals surface area contributed by atoms with Crippen molar-refractivity contribution in [3.8, 4) is 0 Å². The maximum Gasteiger partial charge on any atom is 0.410 e. The number of nitrogens with zero attached hydrogens (tertiary/aromatic N) is 2. The van der Waals surface area contributed by atoms with Gasteiger partial charge in [0.15, 0.2) is 0 Å². The van der Waals surface area contributed by atoms with Crippen LogP contribution in [0.4, 0.5) is 13.6 Å². The normalized spacial score (nSPS) is 23.6. The van der Waals surface area contributed by atoms with E-state index >= 15 is 0 Å². The van der Waals surface area contributed by atoms with E-state index in [1.807, 2.05) is 18.2 Å². The molecule has 1 aromatic rings. The molecule has 5 nitrogen and oxygen atoms in total. The lowest BCUT2D eigenvalue weighted by Crippen LogP contribution is -2.71. The van der Waals surface area contributed by atoms with Gasteiger partial charge in [0.25, 0.3) is 5.92 Å². The van der Waals surface area contributed by atoms with E-state index in [0.29, 0.717) is 0 Å². The molecule has 1 aromatic carbocycles. The van der Waals surface area contributed by atoms with Crippen molar-refractivity contribution in [3.05, 3.63) is 35.9 Å². The summed E-state index contributed by atoms with van der Waals surface area (Å²) in [5.74, 6) is -3.01. The number of likely N-dealkylation sites (tertiary alicyclic amines) is 1. The van der Waals surface area contributed by atoms with Crippen molar-refractivity contribution in [2.75, 3.05) is 32.4 Å². The van der Waals surface area contributed by atoms with Gasteiger partial charge in [-0.15, -0.1) is 4.31 Å². The molecular weight excluding hydrogens is 338 g/mol. The average Bonchev–Trinajstić information content (AvgIpc) is 2.50. The van der Waals surface area contributed by atoms with Crippen LogP contribution in [-0.4, -0.2) is 58.2 Å². The minimum atomic E-state index is -3.01. The molecule has 24 heavy (non-hydrogen) atoms. The number of carbonyl (C=O) groups is 1. The second-order valence-electron chi connectivity index (χ2n) is 6.42. The van der Waals surface area contributed by atoms with Crippen molar-refractivity contribution < 1.29 is 22.9 Å². The Morgan fingerprint density at radius 1 is 1.29 bits per heavy atom. The lowest BCUT2D eigenvalue weighted by atomic mass is 9.70. The Morgan fingerprint density at radius 3 is 2.54 bits per heavy atom. The van der Waals surface area contributed by atoms with Crippen LogP contribution >= 0.6 is 0 Å². The van der Waals surface area contributed by atoms with Crippen molar-refractivity contribution in [1.82, 2.24) is 9.21 Å². The molecule has 0 saturated carbocycles. The van der Waals surface area contributed by atoms with Crippen molar-refractivity contribution in [2.45, 2.75) is 19.0 Å². The molecule has 0 aliphatic carbocycles. The summed E-state index contributed by atoms with van der Waals surface area (Å²) < 4.78 is 47.1. The minimum absolute atomic E-state index is 0.0650. The Kier molecular flexibility index (Phi) is 4.72. The van der Waals surface area contributed by atoms with Crippen LogP contribution in [-0.2, 0) is 22.7 Å². The summed E-state index contributed by atoms with van der Waals surface area (Å²) in [4.78, 5) is 13.1.